The van der Waals surface area contributed by atoms with E-state index in [1.807, 2.05) is 0 Å². The molecule has 0 heterocycles. The summed E-state index contributed by atoms with van der Waals surface area (Å²) in [5.41, 5.74) is 0. The first-order chi connectivity index (χ1) is 4.24. The van der Waals surface area contributed by atoms with E-state index >= 15 is 0 Å². The Bertz CT molecular complexity index is 53.3. The van der Waals surface area contributed by atoms with Crippen molar-refractivity contribution in [3.8, 4) is 0 Å². The number of hydrogen-bond acceptors (Lipinski definition) is 4. The molecule has 0 aromatic rings. The molecule has 0 spiro atoms. The average molecular weight is 180 g/mol. The van der Waals surface area contributed by atoms with Crippen molar-refractivity contribution in [2.24, 2.45) is 0 Å². The van der Waals surface area contributed by atoms with Gasteiger partial charge in [-0.1, -0.05) is 0 Å². The topological polar surface area (TPSA) is 80.3 Å². The number of rotatable bonds is 0. The van der Waals surface area contributed by atoms with Gasteiger partial charge in [-0.25, -0.2) is 0 Å². The maximum absolute atomic E-state index is 8.35. The summed E-state index contributed by atoms with van der Waals surface area (Å²) in [5, 5.41) is 0. The largest absolute Gasteiger partial charge is 0.772 e. The first-order valence-corrected chi connectivity index (χ1v) is 3.60. The SMILES string of the molecule is C=[CH][Al+2].O=P[O-].O=P[O-]. The third kappa shape index (κ3) is 2230. The van der Waals surface area contributed by atoms with Crippen molar-refractivity contribution in [1.82, 2.24) is 0 Å². The Morgan fingerprint density at radius 3 is 1.33 bits per heavy atom. The number of hydrogen-bond donors (Lipinski definition) is 0. The Balaban J connectivity index is -0.0000000600. The summed E-state index contributed by atoms with van der Waals surface area (Å²) in [4.78, 5) is 18.4. The Labute approximate surface area is 64.6 Å². The van der Waals surface area contributed by atoms with E-state index in [9.17, 15) is 0 Å². The van der Waals surface area contributed by atoms with Crippen molar-refractivity contribution in [3.05, 3.63) is 11.5 Å². The average Bonchev–Trinajstić information content (AvgIpc) is 1.70. The van der Waals surface area contributed by atoms with E-state index in [1.54, 1.807) is 4.94 Å². The van der Waals surface area contributed by atoms with Crippen LogP contribution in [0.15, 0.2) is 11.5 Å². The van der Waals surface area contributed by atoms with Crippen LogP contribution in [0, 0.1) is 0 Å². The summed E-state index contributed by atoms with van der Waals surface area (Å²) < 4.78 is 16.7. The fraction of sp³-hybridized carbons (Fsp3) is 0. The summed E-state index contributed by atoms with van der Waals surface area (Å²) >= 11 is 2.34. The van der Waals surface area contributed by atoms with E-state index in [0.717, 1.165) is 0 Å². The minimum absolute atomic E-state index is 1.08. The fourth-order valence-corrected chi connectivity index (χ4v) is 0. The van der Waals surface area contributed by atoms with Gasteiger partial charge in [0, 0.05) is 0 Å². The van der Waals surface area contributed by atoms with Gasteiger partial charge in [-0.15, -0.1) is 0 Å². The Morgan fingerprint density at radius 1 is 1.33 bits per heavy atom. The van der Waals surface area contributed by atoms with Gasteiger partial charge in [0.25, 0.3) is 0 Å². The van der Waals surface area contributed by atoms with Gasteiger partial charge >= 0.3 is 27.8 Å². The van der Waals surface area contributed by atoms with Crippen LogP contribution in [0.1, 0.15) is 0 Å². The zero-order chi connectivity index (χ0) is 8.12. The molecule has 0 radical (unpaired) electrons. The van der Waals surface area contributed by atoms with E-state index in [0.29, 0.717) is 0 Å². The van der Waals surface area contributed by atoms with Crippen LogP contribution in [0.4, 0.5) is 0 Å². The van der Waals surface area contributed by atoms with Gasteiger partial charge in [0.2, 0.25) is 0 Å². The van der Waals surface area contributed by atoms with Crippen LogP contribution >= 0.6 is 17.4 Å². The van der Waals surface area contributed by atoms with E-state index in [1.165, 1.54) is 0 Å². The molecule has 0 aromatic heterocycles. The fourth-order valence-electron chi connectivity index (χ4n) is 0. The Hall–Kier alpha value is 0.392. The van der Waals surface area contributed by atoms with Gasteiger partial charge in [0.05, 0.1) is 17.4 Å². The molecule has 4 nitrogen and oxygen atoms in total. The molecule has 0 N–H and O–H groups in total. The van der Waals surface area contributed by atoms with E-state index in [2.05, 4.69) is 22.9 Å². The van der Waals surface area contributed by atoms with Crippen molar-refractivity contribution in [1.29, 1.82) is 0 Å². The van der Waals surface area contributed by atoms with Crippen LogP contribution in [0.2, 0.25) is 0 Å². The zero-order valence-corrected chi connectivity index (χ0v) is 7.33. The van der Waals surface area contributed by atoms with Crippen LogP contribution in [0.25, 0.3) is 0 Å². The summed E-state index contributed by atoms with van der Waals surface area (Å²) in [6.45, 7) is 3.32. The molecule has 48 valence electrons. The van der Waals surface area contributed by atoms with E-state index in [4.69, 9.17) is 18.9 Å². The minimum Gasteiger partial charge on any atom is -0.772 e. The predicted molar refractivity (Wildman–Crippen MR) is 31.2 cm³/mol. The summed E-state index contributed by atoms with van der Waals surface area (Å²) in [5.74, 6) is 0. The van der Waals surface area contributed by atoms with Crippen molar-refractivity contribution < 1.29 is 18.9 Å². The normalized spacial score (nSPS) is 6.22. The standard InChI is InChI=1S/C2H3.Al.2HO2P/c1-2;;2*1-3-2/h1H,2H2;;2*(H,1,2)/q;+2;;/p-2. The van der Waals surface area contributed by atoms with Crippen LogP contribution < -0.4 is 9.79 Å². The van der Waals surface area contributed by atoms with E-state index in [-0.39, 0.29) is 0 Å². The van der Waals surface area contributed by atoms with Gasteiger partial charge in [-0.2, -0.15) is 0 Å². The molecule has 0 aliphatic rings. The van der Waals surface area contributed by atoms with Crippen LogP contribution in [0.3, 0.4) is 0 Å². The quantitative estimate of drug-likeness (QED) is 0.368. The summed E-state index contributed by atoms with van der Waals surface area (Å²) in [6, 6.07) is 0. The van der Waals surface area contributed by atoms with Gasteiger partial charge in [0.1, 0.15) is 0 Å². The van der Waals surface area contributed by atoms with Crippen LogP contribution in [-0.4, -0.2) is 16.3 Å². The molecule has 0 saturated heterocycles. The Kier molecular flexibility index (Phi) is 71.7. The summed E-state index contributed by atoms with van der Waals surface area (Å²) in [6.07, 6.45) is 0. The van der Waals surface area contributed by atoms with Crippen molar-refractivity contribution in [3.63, 3.8) is 0 Å². The molecule has 0 aliphatic carbocycles. The van der Waals surface area contributed by atoms with Crippen LogP contribution in [-0.2, 0) is 9.13 Å². The third-order valence-corrected chi connectivity index (χ3v) is 0. The molecule has 9 heavy (non-hydrogen) atoms. The summed E-state index contributed by atoms with van der Waals surface area (Å²) in [7, 11) is -2.17. The Morgan fingerprint density at radius 2 is 1.33 bits per heavy atom. The second-order valence-corrected chi connectivity index (χ2v) is 1.15. The maximum Gasteiger partial charge on any atom is 0.0642 e. The molecular formula is C2H3AlO4P2. The monoisotopic (exact) mass is 180 g/mol. The zero-order valence-electron chi connectivity index (χ0n) is 4.39. The van der Waals surface area contributed by atoms with Gasteiger partial charge in [0.15, 0.2) is 0 Å². The second kappa shape index (κ2) is 39.9. The van der Waals surface area contributed by atoms with Gasteiger partial charge in [-0.3, -0.25) is 9.13 Å². The molecule has 0 atom stereocenters. The molecule has 7 heteroatoms. The first-order valence-electron chi connectivity index (χ1n) is 1.47. The molecule has 0 aromatic carbocycles. The minimum atomic E-state index is -1.08. The molecule has 0 fully saturated rings. The van der Waals surface area contributed by atoms with Crippen LogP contribution in [0.5, 0.6) is 0 Å². The molecular weight excluding hydrogens is 177 g/mol. The second-order valence-electron chi connectivity index (χ2n) is 0.385. The van der Waals surface area contributed by atoms with Crippen molar-refractivity contribution >= 4 is 33.7 Å². The molecule has 0 amide bonds. The maximum atomic E-state index is 8.35. The van der Waals surface area contributed by atoms with Crippen molar-refractivity contribution in [2.75, 3.05) is 0 Å². The smallest absolute Gasteiger partial charge is 0.0642 e. The van der Waals surface area contributed by atoms with E-state index < -0.39 is 17.4 Å². The third-order valence-electron chi connectivity index (χ3n) is 0. The molecule has 0 aliphatic heterocycles. The van der Waals surface area contributed by atoms with Crippen molar-refractivity contribution in [2.45, 2.75) is 0 Å². The van der Waals surface area contributed by atoms with Gasteiger partial charge in [-0.05, 0) is 0 Å². The molecule has 0 unspecified atom stereocenters. The predicted octanol–water partition coefficient (Wildman–Crippen LogP) is -0.595. The first kappa shape index (κ1) is 16.2. The van der Waals surface area contributed by atoms with Gasteiger partial charge < -0.3 is 9.79 Å². The molecule has 0 rings (SSSR count). The molecule has 0 bridgehead atoms. The molecule has 0 saturated carbocycles.